The van der Waals surface area contributed by atoms with Crippen LogP contribution in [0.15, 0.2) is 0 Å². The number of nitrogens with one attached hydrogen (secondary N) is 1. The van der Waals surface area contributed by atoms with Gasteiger partial charge < -0.3 is 11.1 Å². The molecule has 2 rings (SSSR count). The van der Waals surface area contributed by atoms with Gasteiger partial charge in [-0.2, -0.15) is 0 Å². The maximum Gasteiger partial charge on any atom is 0.221 e. The van der Waals surface area contributed by atoms with Crippen molar-refractivity contribution in [2.24, 2.45) is 22.5 Å². The molecule has 110 valence electrons. The lowest BCUT2D eigenvalue weighted by Gasteiger charge is -2.32. The van der Waals surface area contributed by atoms with E-state index in [1.54, 1.807) is 0 Å². The van der Waals surface area contributed by atoms with Crippen LogP contribution >= 0.6 is 0 Å². The Morgan fingerprint density at radius 2 is 1.63 bits per heavy atom. The normalized spacial score (nSPS) is 27.8. The topological polar surface area (TPSA) is 55.1 Å². The molecule has 0 atom stereocenters. The molecule has 0 radical (unpaired) electrons. The van der Waals surface area contributed by atoms with Crippen LogP contribution in [0.25, 0.3) is 0 Å². The van der Waals surface area contributed by atoms with Crippen molar-refractivity contribution in [3.8, 4) is 0 Å². The van der Waals surface area contributed by atoms with E-state index in [1.165, 1.54) is 19.3 Å². The first-order valence-corrected chi connectivity index (χ1v) is 7.75. The molecule has 2 aliphatic carbocycles. The van der Waals surface area contributed by atoms with Crippen molar-refractivity contribution < 1.29 is 4.79 Å². The maximum atomic E-state index is 12.1. The van der Waals surface area contributed by atoms with E-state index in [9.17, 15) is 4.79 Å². The molecule has 2 fully saturated rings. The van der Waals surface area contributed by atoms with Gasteiger partial charge in [0.15, 0.2) is 0 Å². The maximum absolute atomic E-state index is 12.1. The average molecular weight is 266 g/mol. The zero-order chi connectivity index (χ0) is 14.3. The molecule has 0 unspecified atom stereocenters. The van der Waals surface area contributed by atoms with Crippen LogP contribution in [-0.4, -0.2) is 18.0 Å². The van der Waals surface area contributed by atoms with Crippen LogP contribution < -0.4 is 11.1 Å². The monoisotopic (exact) mass is 266 g/mol. The van der Waals surface area contributed by atoms with Crippen molar-refractivity contribution in [3.63, 3.8) is 0 Å². The van der Waals surface area contributed by atoms with Crippen molar-refractivity contribution >= 4 is 5.91 Å². The molecule has 0 heterocycles. The summed E-state index contributed by atoms with van der Waals surface area (Å²) < 4.78 is 0. The summed E-state index contributed by atoms with van der Waals surface area (Å²) in [7, 11) is 0. The molecule has 0 bridgehead atoms. The zero-order valence-electron chi connectivity index (χ0n) is 13.0. The third kappa shape index (κ3) is 2.81. The SMILES string of the molecule is CC1(C)C(CNC(=O)CC2(N)CCCCC2)C1(C)C. The van der Waals surface area contributed by atoms with Crippen molar-refractivity contribution in [1.82, 2.24) is 5.32 Å². The summed E-state index contributed by atoms with van der Waals surface area (Å²) in [4.78, 5) is 12.1. The van der Waals surface area contributed by atoms with E-state index in [1.807, 2.05) is 0 Å². The Bertz CT molecular complexity index is 340. The number of hydrogen-bond donors (Lipinski definition) is 2. The molecule has 0 spiro atoms. The first kappa shape index (κ1) is 14.8. The van der Waals surface area contributed by atoms with Gasteiger partial charge in [0, 0.05) is 18.5 Å². The summed E-state index contributed by atoms with van der Waals surface area (Å²) in [5, 5.41) is 3.11. The van der Waals surface area contributed by atoms with E-state index < -0.39 is 0 Å². The predicted molar refractivity (Wildman–Crippen MR) is 78.7 cm³/mol. The van der Waals surface area contributed by atoms with Gasteiger partial charge >= 0.3 is 0 Å². The van der Waals surface area contributed by atoms with Crippen LogP contribution in [0, 0.1) is 16.7 Å². The third-order valence-corrected chi connectivity index (χ3v) is 6.18. The Kier molecular flexibility index (Phi) is 3.72. The number of hydrogen-bond acceptors (Lipinski definition) is 2. The van der Waals surface area contributed by atoms with Crippen molar-refractivity contribution in [1.29, 1.82) is 0 Å². The largest absolute Gasteiger partial charge is 0.356 e. The van der Waals surface area contributed by atoms with Crippen LogP contribution in [0.2, 0.25) is 0 Å². The number of carbonyl (C=O) groups is 1. The average Bonchev–Trinajstić information content (AvgIpc) is 2.67. The Morgan fingerprint density at radius 1 is 1.11 bits per heavy atom. The van der Waals surface area contributed by atoms with Crippen molar-refractivity contribution in [2.45, 2.75) is 71.8 Å². The van der Waals surface area contributed by atoms with E-state index >= 15 is 0 Å². The zero-order valence-corrected chi connectivity index (χ0v) is 13.0. The summed E-state index contributed by atoms with van der Waals surface area (Å²) in [5.41, 5.74) is 6.77. The molecule has 0 saturated heterocycles. The van der Waals surface area contributed by atoms with Crippen molar-refractivity contribution in [2.75, 3.05) is 6.54 Å². The predicted octanol–water partition coefficient (Wildman–Crippen LogP) is 2.84. The first-order chi connectivity index (χ1) is 8.69. The van der Waals surface area contributed by atoms with E-state index in [4.69, 9.17) is 5.73 Å². The molecule has 0 aromatic carbocycles. The third-order valence-electron chi connectivity index (χ3n) is 6.18. The molecule has 0 aromatic heterocycles. The number of nitrogens with two attached hydrogens (primary N) is 1. The molecule has 2 aliphatic rings. The minimum absolute atomic E-state index is 0.142. The van der Waals surface area contributed by atoms with E-state index in [-0.39, 0.29) is 11.4 Å². The smallest absolute Gasteiger partial charge is 0.221 e. The van der Waals surface area contributed by atoms with Gasteiger partial charge in [-0.25, -0.2) is 0 Å². The fourth-order valence-corrected chi connectivity index (χ4v) is 3.87. The van der Waals surface area contributed by atoms with E-state index in [2.05, 4.69) is 33.0 Å². The van der Waals surface area contributed by atoms with Crippen LogP contribution in [0.3, 0.4) is 0 Å². The standard InChI is InChI=1S/C16H30N2O/c1-14(2)12(15(14,3)4)11-18-13(19)10-16(17)8-6-5-7-9-16/h12H,5-11,17H2,1-4H3,(H,18,19). The van der Waals surface area contributed by atoms with Crippen molar-refractivity contribution in [3.05, 3.63) is 0 Å². The summed E-state index contributed by atoms with van der Waals surface area (Å²) in [5.74, 6) is 0.729. The highest BCUT2D eigenvalue weighted by molar-refractivity contribution is 5.77. The molecular formula is C16H30N2O. The second-order valence-corrected chi connectivity index (χ2v) is 7.90. The number of rotatable bonds is 4. The van der Waals surface area contributed by atoms with Gasteiger partial charge in [-0.3, -0.25) is 4.79 Å². The molecular weight excluding hydrogens is 236 g/mol. The van der Waals surface area contributed by atoms with Gasteiger partial charge in [0.05, 0.1) is 0 Å². The lowest BCUT2D eigenvalue weighted by atomic mass is 9.80. The van der Waals surface area contributed by atoms with Gasteiger partial charge in [0.1, 0.15) is 0 Å². The van der Waals surface area contributed by atoms with Gasteiger partial charge in [0.2, 0.25) is 5.91 Å². The summed E-state index contributed by atoms with van der Waals surface area (Å²) >= 11 is 0. The van der Waals surface area contributed by atoms with Crippen LogP contribution in [0.5, 0.6) is 0 Å². The number of amides is 1. The summed E-state index contributed by atoms with van der Waals surface area (Å²) in [6.45, 7) is 9.95. The highest BCUT2D eigenvalue weighted by Crippen LogP contribution is 2.67. The molecule has 2 saturated carbocycles. The number of carbonyl (C=O) groups excluding carboxylic acids is 1. The van der Waals surface area contributed by atoms with Gasteiger partial charge in [-0.15, -0.1) is 0 Å². The van der Waals surface area contributed by atoms with Crippen LogP contribution in [0.1, 0.15) is 66.2 Å². The molecule has 3 nitrogen and oxygen atoms in total. The quantitative estimate of drug-likeness (QED) is 0.822. The summed E-state index contributed by atoms with van der Waals surface area (Å²) in [6, 6.07) is 0. The Hall–Kier alpha value is -0.570. The molecule has 1 amide bonds. The fraction of sp³-hybridized carbons (Fsp3) is 0.938. The Balaban J connectivity index is 1.77. The molecule has 0 aliphatic heterocycles. The Morgan fingerprint density at radius 3 is 2.11 bits per heavy atom. The fourth-order valence-electron chi connectivity index (χ4n) is 3.87. The first-order valence-electron chi connectivity index (χ1n) is 7.75. The highest BCUT2D eigenvalue weighted by atomic mass is 16.1. The highest BCUT2D eigenvalue weighted by Gasteiger charge is 2.64. The lowest BCUT2D eigenvalue weighted by molar-refractivity contribution is -0.122. The van der Waals surface area contributed by atoms with Gasteiger partial charge in [-0.1, -0.05) is 47.0 Å². The lowest BCUT2D eigenvalue weighted by Crippen LogP contribution is -2.46. The minimum Gasteiger partial charge on any atom is -0.356 e. The van der Waals surface area contributed by atoms with E-state index in [0.29, 0.717) is 23.2 Å². The van der Waals surface area contributed by atoms with Crippen LogP contribution in [0.4, 0.5) is 0 Å². The minimum atomic E-state index is -0.239. The Labute approximate surface area is 117 Å². The molecule has 3 N–H and O–H groups in total. The molecule has 19 heavy (non-hydrogen) atoms. The molecule has 3 heteroatoms. The van der Waals surface area contributed by atoms with Gasteiger partial charge in [0.25, 0.3) is 0 Å². The van der Waals surface area contributed by atoms with E-state index in [0.717, 1.165) is 19.4 Å². The summed E-state index contributed by atoms with van der Waals surface area (Å²) in [6.07, 6.45) is 6.12. The molecule has 0 aromatic rings. The van der Waals surface area contributed by atoms with Crippen LogP contribution in [-0.2, 0) is 4.79 Å². The second kappa shape index (κ2) is 4.76. The second-order valence-electron chi connectivity index (χ2n) is 7.90. The van der Waals surface area contributed by atoms with Gasteiger partial charge in [-0.05, 0) is 29.6 Å².